The van der Waals surface area contributed by atoms with Crippen LogP contribution in [-0.4, -0.2) is 48.6 Å². The molecule has 7 unspecified atom stereocenters. The molecule has 3 N–H and O–H groups in total. The average molecular weight is 474 g/mol. The second-order valence-electron chi connectivity index (χ2n) is 9.99. The van der Waals surface area contributed by atoms with E-state index in [0.29, 0.717) is 5.92 Å². The van der Waals surface area contributed by atoms with Crippen molar-refractivity contribution in [3.05, 3.63) is 36.0 Å². The van der Waals surface area contributed by atoms with Crippen molar-refractivity contribution in [2.24, 2.45) is 28.5 Å². The lowest BCUT2D eigenvalue weighted by Gasteiger charge is -2.39. The zero-order valence-electron chi connectivity index (χ0n) is 21.6. The number of hydrogen-bond donors (Lipinski definition) is 2. The van der Waals surface area contributed by atoms with Crippen LogP contribution in [0.4, 0.5) is 0 Å². The number of nitrogens with one attached hydrogen (secondary N) is 1. The topological polar surface area (TPSA) is 103 Å². The Morgan fingerprint density at radius 2 is 1.91 bits per heavy atom. The van der Waals surface area contributed by atoms with Gasteiger partial charge < -0.3 is 20.5 Å². The van der Waals surface area contributed by atoms with Crippen LogP contribution in [0.3, 0.4) is 0 Å². The summed E-state index contributed by atoms with van der Waals surface area (Å²) in [5.74, 6) is 0.382. The Morgan fingerprint density at radius 3 is 2.59 bits per heavy atom. The molecular weight excluding hydrogens is 430 g/mol. The van der Waals surface area contributed by atoms with E-state index >= 15 is 0 Å². The minimum atomic E-state index is -0.354. The highest BCUT2D eigenvalue weighted by molar-refractivity contribution is 5.95. The quantitative estimate of drug-likeness (QED) is 0.239. The molecule has 2 amide bonds. The van der Waals surface area contributed by atoms with Gasteiger partial charge in [-0.2, -0.15) is 0 Å². The zero-order valence-corrected chi connectivity index (χ0v) is 21.6. The summed E-state index contributed by atoms with van der Waals surface area (Å²) in [5, 5.41) is 3.04. The molecule has 7 heteroatoms. The molecule has 2 aliphatic rings. The van der Waals surface area contributed by atoms with Gasteiger partial charge in [-0.05, 0) is 57.4 Å². The monoisotopic (exact) mass is 473 g/mol. The number of amidine groups is 1. The molecule has 0 saturated carbocycles. The fourth-order valence-corrected chi connectivity index (χ4v) is 4.32. The Balaban J connectivity index is 1.83. The predicted molar refractivity (Wildman–Crippen MR) is 136 cm³/mol. The van der Waals surface area contributed by atoms with Gasteiger partial charge in [0.2, 0.25) is 11.8 Å². The van der Waals surface area contributed by atoms with Gasteiger partial charge in [-0.1, -0.05) is 50.6 Å². The van der Waals surface area contributed by atoms with Crippen LogP contribution in [0.25, 0.3) is 0 Å². The first-order valence-electron chi connectivity index (χ1n) is 12.5. The van der Waals surface area contributed by atoms with Gasteiger partial charge in [-0.3, -0.25) is 9.59 Å². The van der Waals surface area contributed by atoms with Gasteiger partial charge in [0.25, 0.3) is 0 Å². The normalized spacial score (nSPS) is 32.2. The first-order chi connectivity index (χ1) is 16.0. The number of carbonyl (C=O) groups is 2. The third-order valence-corrected chi connectivity index (χ3v) is 6.66. The fraction of sp³-hybridized carbons (Fsp3) is 0.667. The largest absolute Gasteiger partial charge is 0.387 e. The highest BCUT2D eigenvalue weighted by atomic mass is 16.5. The van der Waals surface area contributed by atoms with Crippen molar-refractivity contribution in [3.8, 4) is 0 Å². The van der Waals surface area contributed by atoms with E-state index in [1.165, 1.54) is 18.6 Å². The predicted octanol–water partition coefficient (Wildman–Crippen LogP) is 4.09. The molecule has 0 aromatic carbocycles. The van der Waals surface area contributed by atoms with Gasteiger partial charge in [-0.15, -0.1) is 0 Å². The van der Waals surface area contributed by atoms with Gasteiger partial charge in [-0.25, -0.2) is 4.99 Å². The maximum atomic E-state index is 12.4. The molecule has 0 radical (unpaired) electrons. The molecule has 7 atom stereocenters. The molecule has 34 heavy (non-hydrogen) atoms. The van der Waals surface area contributed by atoms with Crippen molar-refractivity contribution in [1.82, 2.24) is 5.32 Å². The lowest BCUT2D eigenvalue weighted by atomic mass is 9.88. The Morgan fingerprint density at radius 1 is 1.18 bits per heavy atom. The van der Waals surface area contributed by atoms with Gasteiger partial charge >= 0.3 is 0 Å². The molecule has 2 rings (SSSR count). The van der Waals surface area contributed by atoms with Gasteiger partial charge in [0.1, 0.15) is 5.84 Å². The maximum absolute atomic E-state index is 12.4. The van der Waals surface area contributed by atoms with Crippen molar-refractivity contribution in [1.29, 1.82) is 0 Å². The van der Waals surface area contributed by atoms with Crippen LogP contribution in [0.15, 0.2) is 40.9 Å². The number of nitrogens with two attached hydrogens (primary N) is 1. The molecule has 0 spiro atoms. The lowest BCUT2D eigenvalue weighted by Crippen LogP contribution is -2.50. The Labute approximate surface area is 204 Å². The third-order valence-electron chi connectivity index (χ3n) is 6.66. The van der Waals surface area contributed by atoms with Crippen molar-refractivity contribution in [2.75, 3.05) is 6.61 Å². The fourth-order valence-electron chi connectivity index (χ4n) is 4.32. The number of rotatable bonds is 8. The summed E-state index contributed by atoms with van der Waals surface area (Å²) in [4.78, 5) is 27.2. The van der Waals surface area contributed by atoms with E-state index in [4.69, 9.17) is 15.2 Å². The van der Waals surface area contributed by atoms with E-state index in [2.05, 4.69) is 49.3 Å². The maximum Gasteiger partial charge on any atom is 0.244 e. The Hall–Kier alpha value is -2.25. The smallest absolute Gasteiger partial charge is 0.244 e. The summed E-state index contributed by atoms with van der Waals surface area (Å²) >= 11 is 0. The van der Waals surface area contributed by atoms with Crippen molar-refractivity contribution in [2.45, 2.75) is 91.6 Å². The van der Waals surface area contributed by atoms with E-state index in [0.717, 1.165) is 38.2 Å². The number of ether oxygens (including phenoxy) is 2. The van der Waals surface area contributed by atoms with Gasteiger partial charge in [0.05, 0.1) is 24.4 Å². The molecule has 7 nitrogen and oxygen atoms in total. The Kier molecular flexibility index (Phi) is 11.2. The summed E-state index contributed by atoms with van der Waals surface area (Å²) in [7, 11) is 0. The van der Waals surface area contributed by atoms with Gasteiger partial charge in [0, 0.05) is 19.4 Å². The second kappa shape index (κ2) is 13.6. The number of hydrogen-bond acceptors (Lipinski definition) is 4. The lowest BCUT2D eigenvalue weighted by molar-refractivity contribution is -0.123. The number of allylic oxidation sites excluding steroid dienone is 2. The number of aliphatic imine (C=N–C) groups is 1. The number of amides is 2. The van der Waals surface area contributed by atoms with E-state index in [1.807, 2.05) is 6.92 Å². The molecule has 0 bridgehead atoms. The van der Waals surface area contributed by atoms with Crippen molar-refractivity contribution in [3.63, 3.8) is 0 Å². The van der Waals surface area contributed by atoms with Crippen LogP contribution in [0.2, 0.25) is 0 Å². The third kappa shape index (κ3) is 9.55. The standard InChI is InChI=1S/C27H43N3O4/c1-17(7-10-23-15-18(2)13-14-33-23)8-11-25-20(4)16-24(21(5)34-25)30-26(32)12-9-19(3)27(28)29-22(6)31/h7-10,12,18-21,23-25H,11,13-16H2,1-6H3,(H,30,32)(H2,28,29,31)/b10-7+,12-9-,17-8+. The van der Waals surface area contributed by atoms with Gasteiger partial charge in [0.15, 0.2) is 0 Å². The van der Waals surface area contributed by atoms with Crippen LogP contribution in [-0.2, 0) is 19.1 Å². The molecule has 2 heterocycles. The van der Waals surface area contributed by atoms with E-state index in [9.17, 15) is 9.59 Å². The molecule has 2 saturated heterocycles. The molecular formula is C27H43N3O4. The highest BCUT2D eigenvalue weighted by Gasteiger charge is 2.33. The highest BCUT2D eigenvalue weighted by Crippen LogP contribution is 2.28. The summed E-state index contributed by atoms with van der Waals surface area (Å²) in [5.41, 5.74) is 6.98. The molecule has 190 valence electrons. The van der Waals surface area contributed by atoms with Crippen molar-refractivity contribution >= 4 is 17.6 Å². The molecule has 2 fully saturated rings. The molecule has 0 aromatic rings. The summed E-state index contributed by atoms with van der Waals surface area (Å²) in [6, 6.07) is -0.0580. The summed E-state index contributed by atoms with van der Waals surface area (Å²) in [6.07, 6.45) is 13.9. The van der Waals surface area contributed by atoms with E-state index in [-0.39, 0.29) is 47.9 Å². The van der Waals surface area contributed by atoms with Crippen LogP contribution in [0.5, 0.6) is 0 Å². The van der Waals surface area contributed by atoms with Crippen molar-refractivity contribution < 1.29 is 19.1 Å². The molecule has 2 aliphatic heterocycles. The number of carbonyl (C=O) groups excluding carboxylic acids is 2. The summed E-state index contributed by atoms with van der Waals surface area (Å²) in [6.45, 7) is 12.5. The van der Waals surface area contributed by atoms with E-state index < -0.39 is 0 Å². The first-order valence-corrected chi connectivity index (χ1v) is 12.5. The first kappa shape index (κ1) is 28.0. The minimum absolute atomic E-state index is 0.0580. The zero-order chi connectivity index (χ0) is 25.3. The average Bonchev–Trinajstić information content (AvgIpc) is 2.76. The molecule has 0 aromatic heterocycles. The van der Waals surface area contributed by atoms with Crippen LogP contribution >= 0.6 is 0 Å². The van der Waals surface area contributed by atoms with Crippen LogP contribution in [0, 0.1) is 17.8 Å². The SMILES string of the molecule is CC(=O)N=C(N)C(C)/C=C\C(=O)NC1CC(C)C(C/C=C(C)/C=C/C2CC(C)CCO2)OC1C. The second-order valence-corrected chi connectivity index (χ2v) is 9.99. The van der Waals surface area contributed by atoms with Crippen LogP contribution < -0.4 is 11.1 Å². The minimum Gasteiger partial charge on any atom is -0.387 e. The van der Waals surface area contributed by atoms with Crippen LogP contribution in [0.1, 0.15) is 67.2 Å². The Bertz CT molecular complexity index is 817. The molecule has 0 aliphatic carbocycles. The summed E-state index contributed by atoms with van der Waals surface area (Å²) < 4.78 is 12.1. The number of nitrogens with zero attached hydrogens (tertiary/aromatic N) is 1. The van der Waals surface area contributed by atoms with E-state index in [1.54, 1.807) is 13.0 Å².